The van der Waals surface area contributed by atoms with Gasteiger partial charge in [0.1, 0.15) is 11.5 Å². The van der Waals surface area contributed by atoms with E-state index in [4.69, 9.17) is 21.1 Å². The van der Waals surface area contributed by atoms with Crippen LogP contribution in [0, 0.1) is 0 Å². The van der Waals surface area contributed by atoms with Gasteiger partial charge in [-0.25, -0.2) is 0 Å². The molecule has 0 aromatic heterocycles. The van der Waals surface area contributed by atoms with Gasteiger partial charge in [-0.2, -0.15) is 0 Å². The number of methoxy groups -OCH3 is 2. The fraction of sp³-hybridized carbons (Fsp3) is 0.391. The number of nitrogens with zero attached hydrogens (tertiary/aromatic N) is 2. The van der Waals surface area contributed by atoms with Crippen molar-refractivity contribution in [3.8, 4) is 11.5 Å². The van der Waals surface area contributed by atoms with Crippen LogP contribution in [0.25, 0.3) is 0 Å². The Kier molecular flexibility index (Phi) is 7.71. The lowest BCUT2D eigenvalue weighted by Gasteiger charge is -2.35. The second-order valence-electron chi connectivity index (χ2n) is 7.26. The van der Waals surface area contributed by atoms with Gasteiger partial charge in [0.25, 0.3) is 0 Å². The van der Waals surface area contributed by atoms with Crippen LogP contribution in [0.1, 0.15) is 28.8 Å². The van der Waals surface area contributed by atoms with Crippen molar-refractivity contribution in [3.63, 3.8) is 0 Å². The monoisotopic (exact) mass is 430 g/mol. The molecule has 1 heterocycles. The van der Waals surface area contributed by atoms with Crippen molar-refractivity contribution >= 4 is 23.3 Å². The third kappa shape index (κ3) is 5.74. The van der Waals surface area contributed by atoms with E-state index >= 15 is 0 Å². The van der Waals surface area contributed by atoms with Crippen LogP contribution in [0.5, 0.6) is 11.5 Å². The summed E-state index contributed by atoms with van der Waals surface area (Å²) in [6.07, 6.45) is 0.437. The van der Waals surface area contributed by atoms with Crippen LogP contribution in [0.3, 0.4) is 0 Å². The molecular formula is C23H27ClN2O4. The molecule has 0 saturated carbocycles. The molecule has 2 aromatic carbocycles. The first kappa shape index (κ1) is 22.1. The molecule has 1 aliphatic heterocycles. The summed E-state index contributed by atoms with van der Waals surface area (Å²) in [5, 5.41) is 0.590. The van der Waals surface area contributed by atoms with Crippen molar-refractivity contribution < 1.29 is 19.1 Å². The molecule has 0 radical (unpaired) electrons. The number of piperazine rings is 1. The molecule has 6 nitrogen and oxygen atoms in total. The molecule has 0 atom stereocenters. The topological polar surface area (TPSA) is 59.1 Å². The largest absolute Gasteiger partial charge is 0.497 e. The maximum atomic E-state index is 12.5. The van der Waals surface area contributed by atoms with E-state index in [0.717, 1.165) is 36.7 Å². The number of amides is 1. The predicted octanol–water partition coefficient (Wildman–Crippen LogP) is 3.66. The molecule has 7 heteroatoms. The Morgan fingerprint density at radius 1 is 0.933 bits per heavy atom. The Labute approximate surface area is 182 Å². The minimum Gasteiger partial charge on any atom is -0.497 e. The zero-order valence-corrected chi connectivity index (χ0v) is 18.2. The van der Waals surface area contributed by atoms with Gasteiger partial charge in [0.2, 0.25) is 5.91 Å². The lowest BCUT2D eigenvalue weighted by molar-refractivity contribution is -0.133. The van der Waals surface area contributed by atoms with Crippen molar-refractivity contribution in [3.05, 3.63) is 58.6 Å². The van der Waals surface area contributed by atoms with Gasteiger partial charge < -0.3 is 14.4 Å². The minimum absolute atomic E-state index is 0.0240. The lowest BCUT2D eigenvalue weighted by Crippen LogP contribution is -2.48. The number of ketones is 1. The Morgan fingerprint density at radius 3 is 2.27 bits per heavy atom. The molecule has 0 spiro atoms. The van der Waals surface area contributed by atoms with Crippen LogP contribution in [0.4, 0.5) is 0 Å². The van der Waals surface area contributed by atoms with E-state index in [0.29, 0.717) is 23.7 Å². The van der Waals surface area contributed by atoms with Crippen LogP contribution in [-0.2, 0) is 11.3 Å². The Bertz CT molecular complexity index is 877. The smallest absolute Gasteiger partial charge is 0.223 e. The summed E-state index contributed by atoms with van der Waals surface area (Å²) in [4.78, 5) is 28.9. The summed E-state index contributed by atoms with van der Waals surface area (Å²) in [6, 6.07) is 12.5. The highest BCUT2D eigenvalue weighted by atomic mass is 35.5. The van der Waals surface area contributed by atoms with E-state index in [1.54, 1.807) is 38.5 Å². The quantitative estimate of drug-likeness (QED) is 0.598. The highest BCUT2D eigenvalue weighted by molar-refractivity contribution is 6.30. The van der Waals surface area contributed by atoms with Gasteiger partial charge >= 0.3 is 0 Å². The molecule has 30 heavy (non-hydrogen) atoms. The van der Waals surface area contributed by atoms with Crippen LogP contribution in [0.15, 0.2) is 42.5 Å². The summed E-state index contributed by atoms with van der Waals surface area (Å²) >= 11 is 5.85. The predicted molar refractivity (Wildman–Crippen MR) is 116 cm³/mol. The van der Waals surface area contributed by atoms with Crippen LogP contribution in [-0.4, -0.2) is 61.9 Å². The summed E-state index contributed by atoms with van der Waals surface area (Å²) in [5.74, 6) is 1.61. The first-order valence-corrected chi connectivity index (χ1v) is 10.4. The van der Waals surface area contributed by atoms with Gasteiger partial charge in [-0.15, -0.1) is 0 Å². The average molecular weight is 431 g/mol. The Balaban J connectivity index is 1.47. The van der Waals surface area contributed by atoms with Crippen molar-refractivity contribution in [2.24, 2.45) is 0 Å². The molecule has 0 unspecified atom stereocenters. The van der Waals surface area contributed by atoms with Gasteiger partial charge in [0.05, 0.1) is 14.2 Å². The summed E-state index contributed by atoms with van der Waals surface area (Å²) < 4.78 is 10.8. The number of hydrogen-bond acceptors (Lipinski definition) is 5. The summed E-state index contributed by atoms with van der Waals surface area (Å²) in [5.41, 5.74) is 1.65. The van der Waals surface area contributed by atoms with E-state index in [2.05, 4.69) is 4.90 Å². The van der Waals surface area contributed by atoms with Crippen molar-refractivity contribution in [2.45, 2.75) is 19.4 Å². The number of benzene rings is 2. The number of carbonyl (C=O) groups is 2. The molecule has 1 fully saturated rings. The molecule has 3 rings (SSSR count). The molecular weight excluding hydrogens is 404 g/mol. The molecule has 1 saturated heterocycles. The summed E-state index contributed by atoms with van der Waals surface area (Å²) in [7, 11) is 3.31. The lowest BCUT2D eigenvalue weighted by atomic mass is 10.1. The average Bonchev–Trinajstić information content (AvgIpc) is 2.78. The standard InChI is InChI=1S/C23H27ClN2O4/c1-29-20-7-9-22(30-2)18(15-20)16-25-11-13-26(14-12-25)23(28)10-8-21(27)17-3-5-19(24)6-4-17/h3-7,9,15H,8,10-14,16H2,1-2H3. The van der Waals surface area contributed by atoms with Gasteiger partial charge in [0, 0.05) is 61.7 Å². The van der Waals surface area contributed by atoms with Crippen molar-refractivity contribution in [2.75, 3.05) is 40.4 Å². The van der Waals surface area contributed by atoms with E-state index in [9.17, 15) is 9.59 Å². The maximum Gasteiger partial charge on any atom is 0.223 e. The van der Waals surface area contributed by atoms with Crippen LogP contribution < -0.4 is 9.47 Å². The third-order valence-electron chi connectivity index (χ3n) is 5.34. The van der Waals surface area contributed by atoms with Crippen LogP contribution in [0.2, 0.25) is 5.02 Å². The second kappa shape index (κ2) is 10.5. The second-order valence-corrected chi connectivity index (χ2v) is 7.70. The number of carbonyl (C=O) groups excluding carboxylic acids is 2. The highest BCUT2D eigenvalue weighted by Gasteiger charge is 2.22. The third-order valence-corrected chi connectivity index (χ3v) is 5.59. The highest BCUT2D eigenvalue weighted by Crippen LogP contribution is 2.25. The van der Waals surface area contributed by atoms with Crippen LogP contribution >= 0.6 is 11.6 Å². The molecule has 0 aliphatic carbocycles. The summed E-state index contributed by atoms with van der Waals surface area (Å²) in [6.45, 7) is 3.59. The van der Waals surface area contributed by atoms with E-state index in [-0.39, 0.29) is 24.5 Å². The Morgan fingerprint density at radius 2 is 1.63 bits per heavy atom. The number of hydrogen-bond donors (Lipinski definition) is 0. The molecule has 2 aromatic rings. The zero-order valence-electron chi connectivity index (χ0n) is 17.4. The van der Waals surface area contributed by atoms with E-state index in [1.807, 2.05) is 23.1 Å². The van der Waals surface area contributed by atoms with Crippen molar-refractivity contribution in [1.82, 2.24) is 9.80 Å². The van der Waals surface area contributed by atoms with Gasteiger partial charge in [-0.05, 0) is 42.5 Å². The van der Waals surface area contributed by atoms with Gasteiger partial charge in [-0.3, -0.25) is 14.5 Å². The maximum absolute atomic E-state index is 12.5. The minimum atomic E-state index is -0.0382. The van der Waals surface area contributed by atoms with Crippen molar-refractivity contribution in [1.29, 1.82) is 0 Å². The molecule has 160 valence electrons. The number of halogens is 1. The zero-order chi connectivity index (χ0) is 21.5. The first-order chi connectivity index (χ1) is 14.5. The van der Waals surface area contributed by atoms with Gasteiger partial charge in [-0.1, -0.05) is 11.6 Å². The normalized spacial score (nSPS) is 14.4. The van der Waals surface area contributed by atoms with E-state index in [1.165, 1.54) is 0 Å². The van der Waals surface area contributed by atoms with E-state index < -0.39 is 0 Å². The Hall–Kier alpha value is -2.57. The molecule has 1 amide bonds. The first-order valence-electron chi connectivity index (χ1n) is 10.00. The number of ether oxygens (including phenoxy) is 2. The molecule has 1 aliphatic rings. The fourth-order valence-electron chi connectivity index (χ4n) is 3.56. The number of rotatable bonds is 8. The molecule has 0 N–H and O–H groups in total. The molecule has 0 bridgehead atoms. The fourth-order valence-corrected chi connectivity index (χ4v) is 3.69. The van der Waals surface area contributed by atoms with Gasteiger partial charge in [0.15, 0.2) is 5.78 Å². The number of Topliss-reactive ketones (excluding diaryl/α,β-unsaturated/α-hetero) is 1. The SMILES string of the molecule is COc1ccc(OC)c(CN2CCN(C(=O)CCC(=O)c3ccc(Cl)cc3)CC2)c1.